The number of unbranched alkanes of at least 4 members (excludes halogenated alkanes) is 4. The van der Waals surface area contributed by atoms with Crippen LogP contribution in [-0.4, -0.2) is 37.5 Å². The maximum Gasteiger partial charge on any atom is 0.305 e. The molecule has 108 valence electrons. The first-order chi connectivity index (χ1) is 8.81. The largest absolute Gasteiger partial charge is 0.466 e. The van der Waals surface area contributed by atoms with Crippen molar-refractivity contribution >= 4 is 5.97 Å². The first-order valence-electron chi connectivity index (χ1n) is 7.15. The van der Waals surface area contributed by atoms with E-state index in [0.717, 1.165) is 19.3 Å². The van der Waals surface area contributed by atoms with Crippen LogP contribution in [0.1, 0.15) is 58.3 Å². The highest BCUT2D eigenvalue weighted by Gasteiger charge is 2.02. The van der Waals surface area contributed by atoms with Gasteiger partial charge in [0.2, 0.25) is 0 Å². The Morgan fingerprint density at radius 3 is 2.39 bits per heavy atom. The molecule has 0 rings (SSSR count). The Morgan fingerprint density at radius 1 is 0.944 bits per heavy atom. The van der Waals surface area contributed by atoms with E-state index in [1.165, 1.54) is 19.3 Å². The normalized spacial score (nSPS) is 10.6. The second kappa shape index (κ2) is 14.5. The van der Waals surface area contributed by atoms with Crippen molar-refractivity contribution in [2.45, 2.75) is 58.3 Å². The van der Waals surface area contributed by atoms with Gasteiger partial charge in [0.1, 0.15) is 0 Å². The van der Waals surface area contributed by atoms with E-state index in [2.05, 4.69) is 6.92 Å². The Morgan fingerprint density at radius 2 is 1.67 bits per heavy atom. The summed E-state index contributed by atoms with van der Waals surface area (Å²) in [5, 5.41) is 8.53. The van der Waals surface area contributed by atoms with E-state index in [4.69, 9.17) is 14.6 Å². The Labute approximate surface area is 111 Å². The van der Waals surface area contributed by atoms with Crippen molar-refractivity contribution in [3.8, 4) is 0 Å². The molecule has 0 radical (unpaired) electrons. The SMILES string of the molecule is CCCCCCCC(=O)OCCCOCCCO. The van der Waals surface area contributed by atoms with Crippen molar-refractivity contribution in [1.29, 1.82) is 0 Å². The maximum absolute atomic E-state index is 11.3. The van der Waals surface area contributed by atoms with Crippen LogP contribution in [0, 0.1) is 0 Å². The minimum atomic E-state index is -0.0955. The average molecular weight is 260 g/mol. The third-order valence-corrected chi connectivity index (χ3v) is 2.63. The number of aliphatic hydroxyl groups is 1. The summed E-state index contributed by atoms with van der Waals surface area (Å²) in [6, 6.07) is 0. The van der Waals surface area contributed by atoms with Gasteiger partial charge in [-0.3, -0.25) is 4.79 Å². The molecule has 0 unspecified atom stereocenters. The standard InChI is InChI=1S/C14H28O4/c1-2-3-4-5-6-9-14(16)18-13-8-12-17-11-7-10-15/h15H,2-13H2,1H3. The molecule has 0 aliphatic heterocycles. The van der Waals surface area contributed by atoms with Crippen molar-refractivity contribution in [2.75, 3.05) is 26.4 Å². The van der Waals surface area contributed by atoms with Crippen LogP contribution in [0.5, 0.6) is 0 Å². The van der Waals surface area contributed by atoms with Crippen LogP contribution < -0.4 is 0 Å². The smallest absolute Gasteiger partial charge is 0.305 e. The van der Waals surface area contributed by atoms with E-state index in [-0.39, 0.29) is 12.6 Å². The van der Waals surface area contributed by atoms with Crippen molar-refractivity contribution in [2.24, 2.45) is 0 Å². The highest BCUT2D eigenvalue weighted by Crippen LogP contribution is 2.05. The zero-order chi connectivity index (χ0) is 13.5. The summed E-state index contributed by atoms with van der Waals surface area (Å²) in [5.41, 5.74) is 0. The molecular weight excluding hydrogens is 232 g/mol. The molecule has 4 nitrogen and oxygen atoms in total. The lowest BCUT2D eigenvalue weighted by Gasteiger charge is -2.05. The lowest BCUT2D eigenvalue weighted by atomic mass is 10.1. The monoisotopic (exact) mass is 260 g/mol. The molecule has 0 aromatic carbocycles. The molecule has 1 N–H and O–H groups in total. The van der Waals surface area contributed by atoms with E-state index >= 15 is 0 Å². The zero-order valence-electron chi connectivity index (χ0n) is 11.7. The summed E-state index contributed by atoms with van der Waals surface area (Å²) < 4.78 is 10.3. The number of ether oxygens (including phenoxy) is 2. The summed E-state index contributed by atoms with van der Waals surface area (Å²) in [4.78, 5) is 11.3. The lowest BCUT2D eigenvalue weighted by molar-refractivity contribution is -0.144. The molecule has 0 aliphatic rings. The average Bonchev–Trinajstić information content (AvgIpc) is 2.37. The van der Waals surface area contributed by atoms with E-state index in [9.17, 15) is 4.79 Å². The lowest BCUT2D eigenvalue weighted by Crippen LogP contribution is -2.08. The Balaban J connectivity index is 3.12. The molecule has 4 heteroatoms. The molecule has 18 heavy (non-hydrogen) atoms. The molecule has 0 amide bonds. The van der Waals surface area contributed by atoms with Gasteiger partial charge < -0.3 is 14.6 Å². The zero-order valence-corrected chi connectivity index (χ0v) is 11.7. The molecule has 0 aromatic heterocycles. The van der Waals surface area contributed by atoms with Gasteiger partial charge in [-0.2, -0.15) is 0 Å². The maximum atomic E-state index is 11.3. The molecule has 0 saturated carbocycles. The van der Waals surface area contributed by atoms with Crippen molar-refractivity contribution < 1.29 is 19.4 Å². The quantitative estimate of drug-likeness (QED) is 0.408. The first kappa shape index (κ1) is 17.4. The van der Waals surface area contributed by atoms with Gasteiger partial charge >= 0.3 is 5.97 Å². The number of carbonyl (C=O) groups is 1. The fourth-order valence-corrected chi connectivity index (χ4v) is 1.56. The van der Waals surface area contributed by atoms with Gasteiger partial charge in [0, 0.05) is 32.7 Å². The van der Waals surface area contributed by atoms with Crippen LogP contribution in [-0.2, 0) is 14.3 Å². The van der Waals surface area contributed by atoms with Crippen molar-refractivity contribution in [1.82, 2.24) is 0 Å². The summed E-state index contributed by atoms with van der Waals surface area (Å²) in [6.07, 6.45) is 7.67. The van der Waals surface area contributed by atoms with Gasteiger partial charge in [0.15, 0.2) is 0 Å². The number of carbonyl (C=O) groups excluding carboxylic acids is 1. The predicted octanol–water partition coefficient (Wildman–Crippen LogP) is 2.68. The third-order valence-electron chi connectivity index (χ3n) is 2.63. The fraction of sp³-hybridized carbons (Fsp3) is 0.929. The fourth-order valence-electron chi connectivity index (χ4n) is 1.56. The second-order valence-electron chi connectivity index (χ2n) is 4.43. The molecular formula is C14H28O4. The molecule has 0 atom stereocenters. The highest BCUT2D eigenvalue weighted by molar-refractivity contribution is 5.69. The summed E-state index contributed by atoms with van der Waals surface area (Å²) in [5.74, 6) is -0.0955. The molecule has 0 bridgehead atoms. The summed E-state index contributed by atoms with van der Waals surface area (Å²) in [7, 11) is 0. The van der Waals surface area contributed by atoms with E-state index in [0.29, 0.717) is 32.7 Å². The highest BCUT2D eigenvalue weighted by atomic mass is 16.5. The van der Waals surface area contributed by atoms with Crippen LogP contribution in [0.15, 0.2) is 0 Å². The topological polar surface area (TPSA) is 55.8 Å². The van der Waals surface area contributed by atoms with Crippen LogP contribution in [0.2, 0.25) is 0 Å². The number of hydrogen-bond donors (Lipinski definition) is 1. The first-order valence-corrected chi connectivity index (χ1v) is 7.15. The minimum Gasteiger partial charge on any atom is -0.466 e. The van der Waals surface area contributed by atoms with Gasteiger partial charge in [-0.05, 0) is 12.8 Å². The van der Waals surface area contributed by atoms with Gasteiger partial charge in [-0.25, -0.2) is 0 Å². The summed E-state index contributed by atoms with van der Waals surface area (Å²) >= 11 is 0. The summed E-state index contributed by atoms with van der Waals surface area (Å²) in [6.45, 7) is 3.93. The Kier molecular flexibility index (Phi) is 14.0. The Bertz CT molecular complexity index is 183. The van der Waals surface area contributed by atoms with E-state index < -0.39 is 0 Å². The molecule has 0 spiro atoms. The minimum absolute atomic E-state index is 0.0955. The molecule has 0 fully saturated rings. The number of aliphatic hydroxyl groups excluding tert-OH is 1. The van der Waals surface area contributed by atoms with Crippen molar-refractivity contribution in [3.05, 3.63) is 0 Å². The van der Waals surface area contributed by atoms with Crippen LogP contribution >= 0.6 is 0 Å². The van der Waals surface area contributed by atoms with Gasteiger partial charge in [0.25, 0.3) is 0 Å². The number of esters is 1. The van der Waals surface area contributed by atoms with Crippen LogP contribution in [0.4, 0.5) is 0 Å². The van der Waals surface area contributed by atoms with Crippen molar-refractivity contribution in [3.63, 3.8) is 0 Å². The molecule has 0 heterocycles. The molecule has 0 aliphatic carbocycles. The van der Waals surface area contributed by atoms with E-state index in [1.807, 2.05) is 0 Å². The van der Waals surface area contributed by atoms with Crippen LogP contribution in [0.25, 0.3) is 0 Å². The van der Waals surface area contributed by atoms with Gasteiger partial charge in [-0.1, -0.05) is 32.6 Å². The second-order valence-corrected chi connectivity index (χ2v) is 4.43. The van der Waals surface area contributed by atoms with E-state index in [1.54, 1.807) is 0 Å². The van der Waals surface area contributed by atoms with Crippen LogP contribution in [0.3, 0.4) is 0 Å². The molecule has 0 aromatic rings. The van der Waals surface area contributed by atoms with Gasteiger partial charge in [-0.15, -0.1) is 0 Å². The predicted molar refractivity (Wildman–Crippen MR) is 71.5 cm³/mol. The van der Waals surface area contributed by atoms with Gasteiger partial charge in [0.05, 0.1) is 6.61 Å². The molecule has 0 saturated heterocycles. The number of rotatable bonds is 13. The number of hydrogen-bond acceptors (Lipinski definition) is 4. The third kappa shape index (κ3) is 13.5. The Hall–Kier alpha value is -0.610.